The lowest BCUT2D eigenvalue weighted by molar-refractivity contribution is -0.102. The topological polar surface area (TPSA) is 39.7 Å². The van der Waals surface area contributed by atoms with Crippen molar-refractivity contribution in [2.75, 3.05) is 33.0 Å². The number of aryl methyl sites for hydroxylation is 1. The minimum absolute atomic E-state index is 0.0336. The van der Waals surface area contributed by atoms with E-state index in [0.29, 0.717) is 26.4 Å². The molecule has 4 nitrogen and oxygen atoms in total. The van der Waals surface area contributed by atoms with Gasteiger partial charge in [-0.25, -0.2) is 0 Å². The van der Waals surface area contributed by atoms with Gasteiger partial charge < -0.3 is 19.5 Å². The lowest BCUT2D eigenvalue weighted by Crippen LogP contribution is -2.41. The van der Waals surface area contributed by atoms with E-state index < -0.39 is 0 Å². The molecule has 1 fully saturated rings. The van der Waals surface area contributed by atoms with Crippen LogP contribution in [0.25, 0.3) is 0 Å². The predicted molar refractivity (Wildman–Crippen MR) is 83.9 cm³/mol. The molecular formula is C17H27NO3. The summed E-state index contributed by atoms with van der Waals surface area (Å²) in [5, 5.41) is 3.60. The number of hydrogen-bond donors (Lipinski definition) is 1. The maximum Gasteiger partial charge on any atom is 0.124 e. The summed E-state index contributed by atoms with van der Waals surface area (Å²) >= 11 is 0. The second-order valence-corrected chi connectivity index (χ2v) is 5.39. The molecule has 118 valence electrons. The van der Waals surface area contributed by atoms with Crippen LogP contribution in [0.2, 0.25) is 0 Å². The van der Waals surface area contributed by atoms with Crippen LogP contribution in [0.5, 0.6) is 5.75 Å². The van der Waals surface area contributed by atoms with Crippen molar-refractivity contribution < 1.29 is 14.2 Å². The minimum Gasteiger partial charge on any atom is -0.494 e. The number of ether oxygens (including phenoxy) is 3. The van der Waals surface area contributed by atoms with Crippen LogP contribution < -0.4 is 10.1 Å². The summed E-state index contributed by atoms with van der Waals surface area (Å²) in [5.74, 6) is 0.936. The maximum atomic E-state index is 5.92. The van der Waals surface area contributed by atoms with E-state index in [9.17, 15) is 0 Å². The Kier molecular flexibility index (Phi) is 6.49. The Labute approximate surface area is 127 Å². The fourth-order valence-corrected chi connectivity index (χ4v) is 2.64. The summed E-state index contributed by atoms with van der Waals surface area (Å²) in [5.41, 5.74) is 2.40. The first-order chi connectivity index (χ1) is 10.3. The summed E-state index contributed by atoms with van der Waals surface area (Å²) in [6.45, 7) is 9.87. The van der Waals surface area contributed by atoms with Crippen molar-refractivity contribution in [2.45, 2.75) is 39.3 Å². The van der Waals surface area contributed by atoms with Gasteiger partial charge in [0.15, 0.2) is 0 Å². The zero-order chi connectivity index (χ0) is 15.1. The molecule has 1 aliphatic rings. The predicted octanol–water partition coefficient (Wildman–Crippen LogP) is 2.85. The van der Waals surface area contributed by atoms with Gasteiger partial charge in [-0.2, -0.15) is 0 Å². The third-order valence-corrected chi connectivity index (χ3v) is 3.63. The van der Waals surface area contributed by atoms with Crippen LogP contribution in [-0.2, 0) is 9.47 Å². The van der Waals surface area contributed by atoms with E-state index in [2.05, 4.69) is 37.4 Å². The van der Waals surface area contributed by atoms with Crippen molar-refractivity contribution in [1.29, 1.82) is 0 Å². The Balaban J connectivity index is 2.27. The second-order valence-electron chi connectivity index (χ2n) is 5.39. The lowest BCUT2D eigenvalue weighted by atomic mass is 9.98. The van der Waals surface area contributed by atoms with E-state index in [4.69, 9.17) is 14.2 Å². The van der Waals surface area contributed by atoms with Gasteiger partial charge in [-0.3, -0.25) is 0 Å². The quantitative estimate of drug-likeness (QED) is 0.839. The molecule has 2 atom stereocenters. The van der Waals surface area contributed by atoms with Crippen molar-refractivity contribution in [3.63, 3.8) is 0 Å². The SMILES string of the molecule is CCCNC(c1cc(C)ccc1OCC)C1COCCO1. The van der Waals surface area contributed by atoms with Gasteiger partial charge in [0.05, 0.1) is 32.5 Å². The van der Waals surface area contributed by atoms with Crippen LogP contribution in [0.3, 0.4) is 0 Å². The van der Waals surface area contributed by atoms with E-state index in [1.165, 1.54) is 11.1 Å². The van der Waals surface area contributed by atoms with Gasteiger partial charge in [0.1, 0.15) is 11.9 Å². The van der Waals surface area contributed by atoms with Gasteiger partial charge in [-0.05, 0) is 32.9 Å². The van der Waals surface area contributed by atoms with Gasteiger partial charge in [-0.1, -0.05) is 24.6 Å². The van der Waals surface area contributed by atoms with Crippen molar-refractivity contribution in [1.82, 2.24) is 5.32 Å². The zero-order valence-electron chi connectivity index (χ0n) is 13.4. The first-order valence-corrected chi connectivity index (χ1v) is 7.92. The van der Waals surface area contributed by atoms with Crippen LogP contribution in [0.4, 0.5) is 0 Å². The molecule has 21 heavy (non-hydrogen) atoms. The molecule has 4 heteroatoms. The summed E-state index contributed by atoms with van der Waals surface area (Å²) in [6, 6.07) is 6.44. The molecule has 2 rings (SSSR count). The van der Waals surface area contributed by atoms with Crippen LogP contribution in [0.15, 0.2) is 18.2 Å². The monoisotopic (exact) mass is 293 g/mol. The normalized spacial score (nSPS) is 20.2. The van der Waals surface area contributed by atoms with Gasteiger partial charge in [0.25, 0.3) is 0 Å². The molecule has 1 saturated heterocycles. The van der Waals surface area contributed by atoms with E-state index >= 15 is 0 Å². The highest BCUT2D eigenvalue weighted by atomic mass is 16.6. The third kappa shape index (κ3) is 4.43. The van der Waals surface area contributed by atoms with Gasteiger partial charge in [0.2, 0.25) is 0 Å². The fourth-order valence-electron chi connectivity index (χ4n) is 2.64. The van der Waals surface area contributed by atoms with E-state index in [0.717, 1.165) is 18.7 Å². The molecular weight excluding hydrogens is 266 g/mol. The number of nitrogens with one attached hydrogen (secondary N) is 1. The molecule has 1 N–H and O–H groups in total. The minimum atomic E-state index is 0.0336. The van der Waals surface area contributed by atoms with E-state index in [1.807, 2.05) is 6.92 Å². The number of rotatable bonds is 7. The largest absolute Gasteiger partial charge is 0.494 e. The molecule has 0 aliphatic carbocycles. The molecule has 0 spiro atoms. The highest BCUT2D eigenvalue weighted by Crippen LogP contribution is 2.31. The molecule has 0 radical (unpaired) electrons. The van der Waals surface area contributed by atoms with Crippen molar-refractivity contribution in [3.05, 3.63) is 29.3 Å². The molecule has 1 aromatic rings. The van der Waals surface area contributed by atoms with E-state index in [1.54, 1.807) is 0 Å². The van der Waals surface area contributed by atoms with Crippen molar-refractivity contribution in [2.24, 2.45) is 0 Å². The molecule has 0 saturated carbocycles. The maximum absolute atomic E-state index is 5.92. The molecule has 1 aromatic carbocycles. The Morgan fingerprint density at radius 1 is 1.33 bits per heavy atom. The Hall–Kier alpha value is -1.10. The number of hydrogen-bond acceptors (Lipinski definition) is 4. The van der Waals surface area contributed by atoms with E-state index in [-0.39, 0.29) is 12.1 Å². The van der Waals surface area contributed by atoms with Gasteiger partial charge in [0, 0.05) is 5.56 Å². The second kappa shape index (κ2) is 8.37. The van der Waals surface area contributed by atoms with Crippen LogP contribution in [0, 0.1) is 6.92 Å². The van der Waals surface area contributed by atoms with Crippen LogP contribution in [-0.4, -0.2) is 39.1 Å². The Morgan fingerprint density at radius 3 is 2.86 bits per heavy atom. The average Bonchev–Trinajstić information content (AvgIpc) is 2.51. The molecule has 1 heterocycles. The Bertz CT molecular complexity index is 430. The van der Waals surface area contributed by atoms with Crippen LogP contribution >= 0.6 is 0 Å². The van der Waals surface area contributed by atoms with Crippen LogP contribution in [0.1, 0.15) is 37.4 Å². The highest BCUT2D eigenvalue weighted by Gasteiger charge is 2.28. The first-order valence-electron chi connectivity index (χ1n) is 7.92. The molecule has 2 unspecified atom stereocenters. The molecule has 0 amide bonds. The molecule has 1 aliphatic heterocycles. The summed E-state index contributed by atoms with van der Waals surface area (Å²) in [7, 11) is 0. The number of benzene rings is 1. The van der Waals surface area contributed by atoms with Crippen molar-refractivity contribution >= 4 is 0 Å². The highest BCUT2D eigenvalue weighted by molar-refractivity contribution is 5.40. The van der Waals surface area contributed by atoms with Crippen molar-refractivity contribution in [3.8, 4) is 5.75 Å². The Morgan fingerprint density at radius 2 is 2.19 bits per heavy atom. The molecule has 0 aromatic heterocycles. The first kappa shape index (κ1) is 16.3. The smallest absolute Gasteiger partial charge is 0.124 e. The average molecular weight is 293 g/mol. The standard InChI is InChI=1S/C17H27NO3/c1-4-8-18-17(16-12-19-9-10-21-16)14-11-13(3)6-7-15(14)20-5-2/h6-7,11,16-18H,4-5,8-10,12H2,1-3H3. The summed E-state index contributed by atoms with van der Waals surface area (Å²) in [4.78, 5) is 0. The fraction of sp³-hybridized carbons (Fsp3) is 0.647. The molecule has 0 bridgehead atoms. The lowest BCUT2D eigenvalue weighted by Gasteiger charge is -2.32. The van der Waals surface area contributed by atoms with Gasteiger partial charge in [-0.15, -0.1) is 0 Å². The van der Waals surface area contributed by atoms with Gasteiger partial charge >= 0.3 is 0 Å². The summed E-state index contributed by atoms with van der Waals surface area (Å²) in [6.07, 6.45) is 1.12. The third-order valence-electron chi connectivity index (χ3n) is 3.63. The zero-order valence-corrected chi connectivity index (χ0v) is 13.4. The summed E-state index contributed by atoms with van der Waals surface area (Å²) < 4.78 is 17.3.